The third kappa shape index (κ3) is 4.98. The van der Waals surface area contributed by atoms with Crippen molar-refractivity contribution >= 4 is 39.6 Å². The Hall–Kier alpha value is -1.68. The van der Waals surface area contributed by atoms with Crippen molar-refractivity contribution < 1.29 is 9.47 Å². The van der Waals surface area contributed by atoms with Gasteiger partial charge in [0.15, 0.2) is 4.34 Å². The van der Waals surface area contributed by atoms with Crippen molar-refractivity contribution in [3.63, 3.8) is 0 Å². The van der Waals surface area contributed by atoms with Gasteiger partial charge >= 0.3 is 0 Å². The van der Waals surface area contributed by atoms with Crippen LogP contribution in [0.25, 0.3) is 10.6 Å². The minimum Gasteiger partial charge on any atom is -0.497 e. The zero-order valence-electron chi connectivity index (χ0n) is 14.9. The molecule has 6 nitrogen and oxygen atoms in total. The van der Waals surface area contributed by atoms with E-state index < -0.39 is 0 Å². The highest BCUT2D eigenvalue weighted by molar-refractivity contribution is 8.00. The molecule has 1 saturated heterocycles. The van der Waals surface area contributed by atoms with Crippen LogP contribution in [0.3, 0.4) is 0 Å². The van der Waals surface area contributed by atoms with Crippen molar-refractivity contribution in [3.05, 3.63) is 35.3 Å². The van der Waals surface area contributed by atoms with Crippen molar-refractivity contribution in [1.82, 2.24) is 15.2 Å². The van der Waals surface area contributed by atoms with Crippen molar-refractivity contribution in [2.75, 3.05) is 25.6 Å². The molecule has 1 atom stereocenters. The van der Waals surface area contributed by atoms with E-state index in [1.165, 1.54) is 0 Å². The third-order valence-corrected chi connectivity index (χ3v) is 7.13. The first-order chi connectivity index (χ1) is 13.3. The van der Waals surface area contributed by atoms with Crippen LogP contribution in [-0.4, -0.2) is 41.5 Å². The zero-order chi connectivity index (χ0) is 18.5. The number of aromatic nitrogens is 3. The molecule has 9 heteroatoms. The van der Waals surface area contributed by atoms with E-state index in [1.54, 1.807) is 41.5 Å². The average molecular weight is 421 g/mol. The van der Waals surface area contributed by atoms with Gasteiger partial charge in [-0.1, -0.05) is 23.1 Å². The Morgan fingerprint density at radius 3 is 2.96 bits per heavy atom. The Labute approximate surface area is 170 Å². The van der Waals surface area contributed by atoms with E-state index in [9.17, 15) is 0 Å². The SMILES string of the molecule is COc1ccc(-c2nc(CSc3nnc(NCC4CCCO4)s3)cs2)cc1. The summed E-state index contributed by atoms with van der Waals surface area (Å²) < 4.78 is 11.8. The van der Waals surface area contributed by atoms with Crippen LogP contribution in [-0.2, 0) is 10.5 Å². The first-order valence-corrected chi connectivity index (χ1v) is 11.4. The molecule has 0 spiro atoms. The lowest BCUT2D eigenvalue weighted by Crippen LogP contribution is -2.18. The molecule has 0 amide bonds. The molecule has 1 aliphatic heterocycles. The van der Waals surface area contributed by atoms with Gasteiger partial charge in [0.25, 0.3) is 0 Å². The maximum Gasteiger partial charge on any atom is 0.206 e. The lowest BCUT2D eigenvalue weighted by Gasteiger charge is -2.08. The molecule has 0 saturated carbocycles. The second-order valence-corrected chi connectivity index (χ2v) is 9.11. The lowest BCUT2D eigenvalue weighted by atomic mass is 10.2. The van der Waals surface area contributed by atoms with Crippen LogP contribution in [0.4, 0.5) is 5.13 Å². The van der Waals surface area contributed by atoms with Crippen molar-refractivity contribution in [2.24, 2.45) is 0 Å². The lowest BCUT2D eigenvalue weighted by molar-refractivity contribution is 0.120. The van der Waals surface area contributed by atoms with Gasteiger partial charge in [0.2, 0.25) is 5.13 Å². The van der Waals surface area contributed by atoms with E-state index in [0.29, 0.717) is 6.10 Å². The fourth-order valence-corrected chi connectivity index (χ4v) is 5.30. The first kappa shape index (κ1) is 18.7. The second-order valence-electron chi connectivity index (χ2n) is 6.05. The summed E-state index contributed by atoms with van der Waals surface area (Å²) in [6.45, 7) is 1.67. The molecule has 0 radical (unpaired) electrons. The number of anilines is 1. The summed E-state index contributed by atoms with van der Waals surface area (Å²) in [5, 5.41) is 15.8. The molecular formula is C18H20N4O2S3. The maximum absolute atomic E-state index is 5.61. The molecule has 0 aliphatic carbocycles. The van der Waals surface area contributed by atoms with Crippen molar-refractivity contribution in [1.29, 1.82) is 0 Å². The fraction of sp³-hybridized carbons (Fsp3) is 0.389. The van der Waals surface area contributed by atoms with Crippen LogP contribution in [0.15, 0.2) is 34.0 Å². The van der Waals surface area contributed by atoms with E-state index in [-0.39, 0.29) is 0 Å². The van der Waals surface area contributed by atoms with E-state index in [4.69, 9.17) is 14.5 Å². The number of hydrogen-bond donors (Lipinski definition) is 1. The maximum atomic E-state index is 5.61. The Morgan fingerprint density at radius 1 is 1.30 bits per heavy atom. The van der Waals surface area contributed by atoms with Crippen LogP contribution in [0.1, 0.15) is 18.5 Å². The number of hydrogen-bond acceptors (Lipinski definition) is 9. The Bertz CT molecular complexity index is 860. The highest BCUT2D eigenvalue weighted by atomic mass is 32.2. The molecule has 1 unspecified atom stereocenters. The number of methoxy groups -OCH3 is 1. The first-order valence-electron chi connectivity index (χ1n) is 8.71. The largest absolute Gasteiger partial charge is 0.497 e. The summed E-state index contributed by atoms with van der Waals surface area (Å²) in [4.78, 5) is 4.73. The van der Waals surface area contributed by atoms with Crippen LogP contribution >= 0.6 is 34.4 Å². The average Bonchev–Trinajstić information content (AvgIpc) is 3.47. The predicted molar refractivity (Wildman–Crippen MR) is 111 cm³/mol. The molecule has 3 heterocycles. The summed E-state index contributed by atoms with van der Waals surface area (Å²) in [7, 11) is 1.67. The summed E-state index contributed by atoms with van der Waals surface area (Å²) in [6, 6.07) is 7.98. The molecule has 0 bridgehead atoms. The van der Waals surface area contributed by atoms with E-state index in [0.717, 1.165) is 63.2 Å². The zero-order valence-corrected chi connectivity index (χ0v) is 17.3. The molecule has 1 aromatic carbocycles. The molecule has 3 aromatic rings. The molecule has 2 aromatic heterocycles. The summed E-state index contributed by atoms with van der Waals surface area (Å²) in [5.41, 5.74) is 2.16. The van der Waals surface area contributed by atoms with Crippen LogP contribution in [0.2, 0.25) is 0 Å². The molecule has 4 rings (SSSR count). The number of thioether (sulfide) groups is 1. The minimum atomic E-state index is 0.302. The van der Waals surface area contributed by atoms with Gasteiger partial charge in [-0.25, -0.2) is 4.98 Å². The van der Waals surface area contributed by atoms with Crippen LogP contribution < -0.4 is 10.1 Å². The van der Waals surface area contributed by atoms with Crippen molar-refractivity contribution in [3.8, 4) is 16.3 Å². The number of benzene rings is 1. The number of rotatable bonds is 8. The van der Waals surface area contributed by atoms with E-state index >= 15 is 0 Å². The Morgan fingerprint density at radius 2 is 2.19 bits per heavy atom. The molecule has 142 valence electrons. The van der Waals surface area contributed by atoms with Crippen LogP contribution in [0.5, 0.6) is 5.75 Å². The minimum absolute atomic E-state index is 0.302. The topological polar surface area (TPSA) is 69.2 Å². The van der Waals surface area contributed by atoms with Gasteiger partial charge < -0.3 is 14.8 Å². The van der Waals surface area contributed by atoms with Crippen molar-refractivity contribution in [2.45, 2.75) is 29.0 Å². The van der Waals surface area contributed by atoms with E-state index in [1.807, 2.05) is 24.3 Å². The quantitative estimate of drug-likeness (QED) is 0.536. The highest BCUT2D eigenvalue weighted by Gasteiger charge is 2.16. The predicted octanol–water partition coefficient (Wildman–Crippen LogP) is 4.55. The summed E-state index contributed by atoms with van der Waals surface area (Å²) >= 11 is 4.90. The standard InChI is InChI=1S/C18H20N4O2S3/c1-23-14-6-4-12(5-7-14)16-20-13(10-25-16)11-26-18-22-21-17(27-18)19-9-15-3-2-8-24-15/h4-7,10,15H,2-3,8-9,11H2,1H3,(H,19,21). The smallest absolute Gasteiger partial charge is 0.206 e. The normalized spacial score (nSPS) is 16.6. The molecule has 27 heavy (non-hydrogen) atoms. The monoisotopic (exact) mass is 420 g/mol. The second kappa shape index (κ2) is 9.01. The van der Waals surface area contributed by atoms with Gasteiger partial charge in [-0.05, 0) is 37.1 Å². The Kier molecular flexibility index (Phi) is 6.23. The summed E-state index contributed by atoms with van der Waals surface area (Å²) in [5.74, 6) is 1.64. The van der Waals surface area contributed by atoms with E-state index in [2.05, 4.69) is 20.9 Å². The third-order valence-electron chi connectivity index (χ3n) is 4.14. The van der Waals surface area contributed by atoms with Crippen LogP contribution in [0, 0.1) is 0 Å². The summed E-state index contributed by atoms with van der Waals surface area (Å²) in [6.07, 6.45) is 2.57. The molecule has 1 aliphatic rings. The number of nitrogens with zero attached hydrogens (tertiary/aromatic N) is 3. The fourth-order valence-electron chi connectivity index (χ4n) is 2.72. The van der Waals surface area contributed by atoms with Gasteiger partial charge in [0, 0.05) is 29.8 Å². The van der Waals surface area contributed by atoms with Gasteiger partial charge in [-0.3, -0.25) is 0 Å². The van der Waals surface area contributed by atoms with Gasteiger partial charge in [0.1, 0.15) is 10.8 Å². The molecule has 1 fully saturated rings. The Balaban J connectivity index is 1.29. The van der Waals surface area contributed by atoms with Gasteiger partial charge in [-0.2, -0.15) is 0 Å². The molecular weight excluding hydrogens is 400 g/mol. The highest BCUT2D eigenvalue weighted by Crippen LogP contribution is 2.31. The number of ether oxygens (including phenoxy) is 2. The van der Waals surface area contributed by atoms with Gasteiger partial charge in [0.05, 0.1) is 18.9 Å². The van der Waals surface area contributed by atoms with Gasteiger partial charge in [-0.15, -0.1) is 21.5 Å². The number of thiazole rings is 1. The molecule has 1 N–H and O–H groups in total. The number of nitrogens with one attached hydrogen (secondary N) is 1.